The number of anilines is 1. The van der Waals surface area contributed by atoms with Crippen LogP contribution in [0.5, 0.6) is 0 Å². The van der Waals surface area contributed by atoms with E-state index in [4.69, 9.17) is 0 Å². The van der Waals surface area contributed by atoms with Gasteiger partial charge in [0.2, 0.25) is 11.8 Å². The molecule has 0 radical (unpaired) electrons. The van der Waals surface area contributed by atoms with Gasteiger partial charge in [0.05, 0.1) is 10.6 Å². The molecule has 3 aromatic carbocycles. The average Bonchev–Trinajstić information content (AvgIpc) is 2.91. The number of sulfonamides is 1. The Kier molecular flexibility index (Phi) is 10.5. The molecule has 8 heteroatoms. The van der Waals surface area contributed by atoms with Gasteiger partial charge in [-0.3, -0.25) is 13.9 Å². The van der Waals surface area contributed by atoms with Gasteiger partial charge in [0.15, 0.2) is 0 Å². The van der Waals surface area contributed by atoms with Crippen LogP contribution in [0.4, 0.5) is 5.69 Å². The lowest BCUT2D eigenvalue weighted by atomic mass is 10.1. The van der Waals surface area contributed by atoms with E-state index in [1.807, 2.05) is 71.0 Å². The first kappa shape index (κ1) is 30.9. The molecular formula is C32H41N3O4S. The van der Waals surface area contributed by atoms with E-state index in [9.17, 15) is 18.0 Å². The van der Waals surface area contributed by atoms with E-state index in [1.54, 1.807) is 37.3 Å². The third-order valence-corrected chi connectivity index (χ3v) is 8.73. The number of carbonyl (C=O) groups is 2. The lowest BCUT2D eigenvalue weighted by molar-refractivity contribution is -0.139. The molecule has 0 fully saturated rings. The molecular weight excluding hydrogens is 522 g/mol. The van der Waals surface area contributed by atoms with Crippen molar-refractivity contribution < 1.29 is 18.0 Å². The highest BCUT2D eigenvalue weighted by Gasteiger charge is 2.33. The van der Waals surface area contributed by atoms with E-state index in [2.05, 4.69) is 5.32 Å². The molecule has 7 nitrogen and oxygen atoms in total. The molecule has 1 N–H and O–H groups in total. The molecule has 0 saturated heterocycles. The number of carbonyl (C=O) groups excluding carboxylic acids is 2. The van der Waals surface area contributed by atoms with Crippen molar-refractivity contribution in [3.63, 3.8) is 0 Å². The van der Waals surface area contributed by atoms with Crippen LogP contribution >= 0.6 is 0 Å². The first-order valence-corrected chi connectivity index (χ1v) is 15.2. The molecule has 40 heavy (non-hydrogen) atoms. The molecule has 0 heterocycles. The first-order chi connectivity index (χ1) is 18.9. The van der Waals surface area contributed by atoms with Crippen LogP contribution in [0.25, 0.3) is 0 Å². The fourth-order valence-electron chi connectivity index (χ4n) is 4.46. The Bertz CT molecular complexity index is 1430. The molecule has 214 valence electrons. The minimum atomic E-state index is -4.10. The van der Waals surface area contributed by atoms with E-state index in [-0.39, 0.29) is 17.3 Å². The Morgan fingerprint density at radius 1 is 0.875 bits per heavy atom. The minimum absolute atomic E-state index is 0.0994. The molecule has 0 saturated carbocycles. The maximum Gasteiger partial charge on any atom is 0.264 e. The van der Waals surface area contributed by atoms with Gasteiger partial charge < -0.3 is 10.2 Å². The highest BCUT2D eigenvalue weighted by Crippen LogP contribution is 2.28. The topological polar surface area (TPSA) is 86.8 Å². The Balaban J connectivity index is 2.04. The Hall–Kier alpha value is -3.65. The Labute approximate surface area is 239 Å². The lowest BCUT2D eigenvalue weighted by Crippen LogP contribution is -2.51. The average molecular weight is 564 g/mol. The second-order valence-electron chi connectivity index (χ2n) is 10.4. The number of unbranched alkanes of at least 4 members (excludes halogenated alkanes) is 1. The molecule has 2 amide bonds. The van der Waals surface area contributed by atoms with Gasteiger partial charge in [-0.05, 0) is 75.9 Å². The van der Waals surface area contributed by atoms with Gasteiger partial charge in [0, 0.05) is 13.1 Å². The zero-order valence-electron chi connectivity index (χ0n) is 24.4. The highest BCUT2D eigenvalue weighted by atomic mass is 32.2. The van der Waals surface area contributed by atoms with Crippen LogP contribution in [0.1, 0.15) is 54.5 Å². The predicted molar refractivity (Wildman–Crippen MR) is 161 cm³/mol. The zero-order valence-corrected chi connectivity index (χ0v) is 25.2. The van der Waals surface area contributed by atoms with E-state index in [0.717, 1.165) is 40.7 Å². The van der Waals surface area contributed by atoms with Crippen molar-refractivity contribution in [3.8, 4) is 0 Å². The summed E-state index contributed by atoms with van der Waals surface area (Å²) in [6.07, 6.45) is 1.77. The number of nitrogens with zero attached hydrogens (tertiary/aromatic N) is 2. The third-order valence-electron chi connectivity index (χ3n) is 6.95. The van der Waals surface area contributed by atoms with Crippen LogP contribution < -0.4 is 9.62 Å². The zero-order chi connectivity index (χ0) is 29.4. The summed E-state index contributed by atoms with van der Waals surface area (Å²) in [5, 5.41) is 2.91. The molecule has 0 aliphatic carbocycles. The van der Waals surface area contributed by atoms with E-state index < -0.39 is 28.5 Å². The van der Waals surface area contributed by atoms with Crippen LogP contribution in [-0.4, -0.2) is 44.3 Å². The SMILES string of the molecule is CCCCNC(=O)C(C)N(Cc1cccc(C)c1)C(=O)CN(c1cc(C)ccc1C)S(=O)(=O)c1ccc(C)cc1. The predicted octanol–water partition coefficient (Wildman–Crippen LogP) is 5.45. The van der Waals surface area contributed by atoms with Gasteiger partial charge >= 0.3 is 0 Å². The van der Waals surface area contributed by atoms with Gasteiger partial charge in [0.1, 0.15) is 12.6 Å². The van der Waals surface area contributed by atoms with Crippen LogP contribution in [0.2, 0.25) is 0 Å². The number of amides is 2. The minimum Gasteiger partial charge on any atom is -0.354 e. The van der Waals surface area contributed by atoms with Crippen molar-refractivity contribution in [3.05, 3.63) is 94.5 Å². The summed E-state index contributed by atoms with van der Waals surface area (Å²) in [6, 6.07) is 19.1. The maximum atomic E-state index is 14.1. The molecule has 1 unspecified atom stereocenters. The van der Waals surface area contributed by atoms with Gasteiger partial charge in [-0.2, -0.15) is 0 Å². The van der Waals surface area contributed by atoms with E-state index >= 15 is 0 Å². The number of hydrogen-bond acceptors (Lipinski definition) is 4. The molecule has 1 atom stereocenters. The summed E-state index contributed by atoms with van der Waals surface area (Å²) in [6.45, 7) is 11.5. The molecule has 3 rings (SSSR count). The summed E-state index contributed by atoms with van der Waals surface area (Å²) in [7, 11) is -4.10. The van der Waals surface area contributed by atoms with Gasteiger partial charge in [-0.25, -0.2) is 8.42 Å². The summed E-state index contributed by atoms with van der Waals surface area (Å²) in [5.74, 6) is -0.731. The van der Waals surface area contributed by atoms with Crippen molar-refractivity contribution in [2.45, 2.75) is 71.9 Å². The number of rotatable bonds is 12. The Morgan fingerprint density at radius 3 is 2.17 bits per heavy atom. The highest BCUT2D eigenvalue weighted by molar-refractivity contribution is 7.92. The number of aryl methyl sites for hydroxylation is 4. The molecule has 0 aliphatic rings. The second kappa shape index (κ2) is 13.6. The van der Waals surface area contributed by atoms with Crippen LogP contribution in [0, 0.1) is 27.7 Å². The fraction of sp³-hybridized carbons (Fsp3) is 0.375. The third kappa shape index (κ3) is 7.72. The maximum absolute atomic E-state index is 14.1. The van der Waals surface area contributed by atoms with Crippen molar-refractivity contribution >= 4 is 27.5 Å². The number of benzene rings is 3. The van der Waals surface area contributed by atoms with Gasteiger partial charge in [0.25, 0.3) is 10.0 Å². The van der Waals surface area contributed by atoms with Gasteiger partial charge in [-0.15, -0.1) is 0 Å². The lowest BCUT2D eigenvalue weighted by Gasteiger charge is -2.32. The van der Waals surface area contributed by atoms with Crippen LogP contribution in [0.15, 0.2) is 71.6 Å². The largest absolute Gasteiger partial charge is 0.354 e. The first-order valence-electron chi connectivity index (χ1n) is 13.7. The van der Waals surface area contributed by atoms with E-state index in [1.165, 1.54) is 9.21 Å². The van der Waals surface area contributed by atoms with Crippen molar-refractivity contribution in [2.75, 3.05) is 17.4 Å². The quantitative estimate of drug-likeness (QED) is 0.297. The van der Waals surface area contributed by atoms with Crippen LogP contribution in [-0.2, 0) is 26.2 Å². The van der Waals surface area contributed by atoms with Crippen molar-refractivity contribution in [1.82, 2.24) is 10.2 Å². The number of hydrogen-bond donors (Lipinski definition) is 1. The second-order valence-corrected chi connectivity index (χ2v) is 12.3. The smallest absolute Gasteiger partial charge is 0.264 e. The van der Waals surface area contributed by atoms with Crippen LogP contribution in [0.3, 0.4) is 0 Å². The summed E-state index contributed by atoms with van der Waals surface area (Å²) in [4.78, 5) is 28.7. The standard InChI is InChI=1S/C32H41N3O4S/c1-7-8-18-33-32(37)27(6)34(21-28-11-9-10-24(3)19-28)31(36)22-35(30-20-25(4)12-15-26(30)5)40(38,39)29-16-13-23(2)14-17-29/h9-17,19-20,27H,7-8,18,21-22H2,1-6H3,(H,33,37). The molecule has 0 aliphatic heterocycles. The molecule has 0 aromatic heterocycles. The van der Waals surface area contributed by atoms with Crippen molar-refractivity contribution in [2.24, 2.45) is 0 Å². The molecule has 0 spiro atoms. The Morgan fingerprint density at radius 2 is 1.52 bits per heavy atom. The normalized spacial score (nSPS) is 12.1. The summed E-state index contributed by atoms with van der Waals surface area (Å²) >= 11 is 0. The molecule has 3 aromatic rings. The molecule has 0 bridgehead atoms. The fourth-order valence-corrected chi connectivity index (χ4v) is 5.94. The van der Waals surface area contributed by atoms with Gasteiger partial charge in [-0.1, -0.05) is 73.0 Å². The summed E-state index contributed by atoms with van der Waals surface area (Å²) < 4.78 is 29.2. The van der Waals surface area contributed by atoms with Crippen molar-refractivity contribution in [1.29, 1.82) is 0 Å². The number of nitrogens with one attached hydrogen (secondary N) is 1. The monoisotopic (exact) mass is 563 g/mol. The van der Waals surface area contributed by atoms with E-state index in [0.29, 0.717) is 12.2 Å². The summed E-state index contributed by atoms with van der Waals surface area (Å²) in [5.41, 5.74) is 4.86.